The van der Waals surface area contributed by atoms with E-state index < -0.39 is 11.6 Å². The fraction of sp³-hybridized carbons (Fsp3) is 0.500. The van der Waals surface area contributed by atoms with Gasteiger partial charge in [0.15, 0.2) is 0 Å². The Kier molecular flexibility index (Phi) is 3.02. The Hall–Kier alpha value is -1.62. The SMILES string of the molecule is CC1(O)CCN(c2ccnc(C(=O)O)c2)CC1. The van der Waals surface area contributed by atoms with Crippen LogP contribution in [0, 0.1) is 0 Å². The van der Waals surface area contributed by atoms with Crippen molar-refractivity contribution in [2.75, 3.05) is 18.0 Å². The molecule has 1 aliphatic rings. The summed E-state index contributed by atoms with van der Waals surface area (Å²) in [6.07, 6.45) is 2.89. The van der Waals surface area contributed by atoms with Crippen molar-refractivity contribution in [1.82, 2.24) is 4.98 Å². The van der Waals surface area contributed by atoms with Crippen molar-refractivity contribution < 1.29 is 15.0 Å². The molecule has 2 heterocycles. The maximum atomic E-state index is 10.8. The summed E-state index contributed by atoms with van der Waals surface area (Å²) < 4.78 is 0. The number of aromatic carboxylic acids is 1. The quantitative estimate of drug-likeness (QED) is 0.805. The van der Waals surface area contributed by atoms with Crippen molar-refractivity contribution in [2.24, 2.45) is 0 Å². The molecule has 5 heteroatoms. The number of carboxylic acids is 1. The third-order valence-corrected chi connectivity index (χ3v) is 3.17. The predicted molar refractivity (Wildman–Crippen MR) is 63.3 cm³/mol. The highest BCUT2D eigenvalue weighted by molar-refractivity contribution is 5.86. The van der Waals surface area contributed by atoms with E-state index in [0.717, 1.165) is 18.8 Å². The minimum absolute atomic E-state index is 0.0554. The summed E-state index contributed by atoms with van der Waals surface area (Å²) in [4.78, 5) is 16.7. The van der Waals surface area contributed by atoms with Gasteiger partial charge in [0.05, 0.1) is 5.60 Å². The number of aliphatic hydroxyl groups is 1. The van der Waals surface area contributed by atoms with E-state index in [1.54, 1.807) is 12.1 Å². The standard InChI is InChI=1S/C12H16N2O3/c1-12(17)3-6-14(7-4-12)9-2-5-13-10(8-9)11(15)16/h2,5,8,17H,3-4,6-7H2,1H3,(H,15,16). The number of carbonyl (C=O) groups is 1. The first-order chi connectivity index (χ1) is 7.98. The lowest BCUT2D eigenvalue weighted by atomic mass is 9.93. The molecule has 1 aromatic rings. The average Bonchev–Trinajstić information content (AvgIpc) is 2.29. The van der Waals surface area contributed by atoms with Crippen molar-refractivity contribution in [3.63, 3.8) is 0 Å². The highest BCUT2D eigenvalue weighted by Crippen LogP contribution is 2.25. The van der Waals surface area contributed by atoms with E-state index in [4.69, 9.17) is 5.11 Å². The average molecular weight is 236 g/mol. The van der Waals surface area contributed by atoms with E-state index in [0.29, 0.717) is 12.8 Å². The Morgan fingerprint density at radius 3 is 2.71 bits per heavy atom. The van der Waals surface area contributed by atoms with Gasteiger partial charge in [0.25, 0.3) is 0 Å². The first kappa shape index (κ1) is 11.9. The molecule has 0 aliphatic carbocycles. The van der Waals surface area contributed by atoms with Gasteiger partial charge in [-0.25, -0.2) is 9.78 Å². The molecule has 0 aromatic carbocycles. The molecule has 0 atom stereocenters. The van der Waals surface area contributed by atoms with Crippen molar-refractivity contribution in [2.45, 2.75) is 25.4 Å². The summed E-state index contributed by atoms with van der Waals surface area (Å²) in [5, 5.41) is 18.7. The predicted octanol–water partition coefficient (Wildman–Crippen LogP) is 1.13. The Labute approximate surface area is 99.7 Å². The Morgan fingerprint density at radius 2 is 2.12 bits per heavy atom. The Morgan fingerprint density at radius 1 is 1.47 bits per heavy atom. The molecule has 2 N–H and O–H groups in total. The van der Waals surface area contributed by atoms with Gasteiger partial charge in [-0.1, -0.05) is 0 Å². The van der Waals surface area contributed by atoms with Crippen molar-refractivity contribution >= 4 is 11.7 Å². The van der Waals surface area contributed by atoms with Crippen molar-refractivity contribution in [3.05, 3.63) is 24.0 Å². The number of carboxylic acid groups (broad SMARTS) is 1. The smallest absolute Gasteiger partial charge is 0.354 e. The molecule has 0 unspecified atom stereocenters. The monoisotopic (exact) mass is 236 g/mol. The van der Waals surface area contributed by atoms with E-state index in [1.165, 1.54) is 6.20 Å². The van der Waals surface area contributed by atoms with Gasteiger partial charge in [0, 0.05) is 25.0 Å². The van der Waals surface area contributed by atoms with Crippen molar-refractivity contribution in [1.29, 1.82) is 0 Å². The second-order valence-corrected chi connectivity index (χ2v) is 4.69. The van der Waals surface area contributed by atoms with Gasteiger partial charge in [0.1, 0.15) is 5.69 Å². The van der Waals surface area contributed by atoms with Gasteiger partial charge < -0.3 is 15.1 Å². The van der Waals surface area contributed by atoms with Gasteiger partial charge in [-0.3, -0.25) is 0 Å². The minimum atomic E-state index is -1.02. The maximum Gasteiger partial charge on any atom is 0.354 e. The summed E-state index contributed by atoms with van der Waals surface area (Å²) in [6.45, 7) is 3.30. The molecule has 0 radical (unpaired) electrons. The topological polar surface area (TPSA) is 73.7 Å². The number of pyridine rings is 1. The molecule has 0 spiro atoms. The fourth-order valence-corrected chi connectivity index (χ4v) is 1.98. The molecule has 1 aliphatic heterocycles. The van der Waals surface area contributed by atoms with Crippen LogP contribution in [0.2, 0.25) is 0 Å². The summed E-state index contributed by atoms with van der Waals surface area (Å²) in [5.41, 5.74) is 0.312. The zero-order valence-corrected chi connectivity index (χ0v) is 9.76. The van der Waals surface area contributed by atoms with Crippen LogP contribution in [0.25, 0.3) is 0 Å². The third-order valence-electron chi connectivity index (χ3n) is 3.17. The zero-order valence-electron chi connectivity index (χ0n) is 9.76. The van der Waals surface area contributed by atoms with Crippen LogP contribution in [-0.4, -0.2) is 39.9 Å². The summed E-state index contributed by atoms with van der Waals surface area (Å²) >= 11 is 0. The molecule has 17 heavy (non-hydrogen) atoms. The normalized spacial score (nSPS) is 19.1. The highest BCUT2D eigenvalue weighted by Gasteiger charge is 2.27. The fourth-order valence-electron chi connectivity index (χ4n) is 1.98. The summed E-state index contributed by atoms with van der Waals surface area (Å²) in [7, 11) is 0. The molecular formula is C12H16N2O3. The van der Waals surface area contributed by atoms with Crippen molar-refractivity contribution in [3.8, 4) is 0 Å². The molecule has 0 bridgehead atoms. The Balaban J connectivity index is 2.13. The van der Waals surface area contributed by atoms with Gasteiger partial charge >= 0.3 is 5.97 Å². The van der Waals surface area contributed by atoms with Gasteiger partial charge in [-0.15, -0.1) is 0 Å². The number of hydrogen-bond acceptors (Lipinski definition) is 4. The summed E-state index contributed by atoms with van der Waals surface area (Å²) in [6, 6.07) is 3.37. The van der Waals surface area contributed by atoms with Gasteiger partial charge in [-0.2, -0.15) is 0 Å². The van der Waals surface area contributed by atoms with Gasteiger partial charge in [-0.05, 0) is 31.9 Å². The lowest BCUT2D eigenvalue weighted by Gasteiger charge is -2.37. The van der Waals surface area contributed by atoms with Crippen LogP contribution in [0.5, 0.6) is 0 Å². The van der Waals surface area contributed by atoms with E-state index in [1.807, 2.05) is 6.92 Å². The molecule has 1 fully saturated rings. The van der Waals surface area contributed by atoms with Crippen LogP contribution in [0.1, 0.15) is 30.3 Å². The van der Waals surface area contributed by atoms with Crippen LogP contribution in [0.3, 0.4) is 0 Å². The van der Waals surface area contributed by atoms with Crippen LogP contribution in [0.15, 0.2) is 18.3 Å². The van der Waals surface area contributed by atoms with E-state index in [2.05, 4.69) is 9.88 Å². The van der Waals surface area contributed by atoms with Crippen LogP contribution >= 0.6 is 0 Å². The van der Waals surface area contributed by atoms with E-state index in [9.17, 15) is 9.90 Å². The summed E-state index contributed by atoms with van der Waals surface area (Å²) in [5.74, 6) is -1.02. The molecule has 92 valence electrons. The van der Waals surface area contributed by atoms with Gasteiger partial charge in [0.2, 0.25) is 0 Å². The van der Waals surface area contributed by atoms with Crippen LogP contribution in [0.4, 0.5) is 5.69 Å². The maximum absolute atomic E-state index is 10.8. The second-order valence-electron chi connectivity index (χ2n) is 4.69. The molecule has 1 aromatic heterocycles. The largest absolute Gasteiger partial charge is 0.477 e. The number of hydrogen-bond donors (Lipinski definition) is 2. The number of aromatic nitrogens is 1. The Bertz CT molecular complexity index is 422. The lowest BCUT2D eigenvalue weighted by molar-refractivity contribution is 0.0351. The minimum Gasteiger partial charge on any atom is -0.477 e. The van der Waals surface area contributed by atoms with Crippen LogP contribution < -0.4 is 4.90 Å². The molecule has 1 saturated heterocycles. The third kappa shape index (κ3) is 2.74. The lowest BCUT2D eigenvalue weighted by Crippen LogP contribution is -2.42. The second kappa shape index (κ2) is 4.33. The van der Waals surface area contributed by atoms with E-state index >= 15 is 0 Å². The number of anilines is 1. The number of piperidine rings is 1. The highest BCUT2D eigenvalue weighted by atomic mass is 16.4. The molecule has 5 nitrogen and oxygen atoms in total. The zero-order chi connectivity index (χ0) is 12.5. The molecule has 2 rings (SSSR count). The molecule has 0 saturated carbocycles. The van der Waals surface area contributed by atoms with Crippen LogP contribution in [-0.2, 0) is 0 Å². The molecule has 0 amide bonds. The first-order valence-corrected chi connectivity index (χ1v) is 5.65. The number of nitrogens with zero attached hydrogens (tertiary/aromatic N) is 2. The first-order valence-electron chi connectivity index (χ1n) is 5.65. The number of rotatable bonds is 2. The van der Waals surface area contributed by atoms with E-state index in [-0.39, 0.29) is 5.69 Å². The molecular weight excluding hydrogens is 220 g/mol.